The highest BCUT2D eigenvalue weighted by atomic mass is 19.4. The number of carbonyl (C=O) groups is 3. The number of likely N-dealkylation sites (tertiary alicyclic amines) is 1. The van der Waals surface area contributed by atoms with Crippen LogP contribution in [0.3, 0.4) is 0 Å². The van der Waals surface area contributed by atoms with E-state index in [1.165, 1.54) is 21.9 Å². The van der Waals surface area contributed by atoms with Gasteiger partial charge in [-0.3, -0.25) is 19.3 Å². The second kappa shape index (κ2) is 9.08. The second-order valence-corrected chi connectivity index (χ2v) is 9.41. The number of benzene rings is 1. The Kier molecular flexibility index (Phi) is 6.53. The van der Waals surface area contributed by atoms with E-state index in [0.717, 1.165) is 31.4 Å². The predicted molar refractivity (Wildman–Crippen MR) is 113 cm³/mol. The smallest absolute Gasteiger partial charge is 0.378 e. The van der Waals surface area contributed by atoms with Gasteiger partial charge in [0.2, 0.25) is 17.7 Å². The third kappa shape index (κ3) is 4.93. The molecule has 1 aliphatic carbocycles. The van der Waals surface area contributed by atoms with E-state index in [1.807, 2.05) is 0 Å². The summed E-state index contributed by atoms with van der Waals surface area (Å²) in [6.07, 6.45) is -0.103. The first-order valence-electron chi connectivity index (χ1n) is 11.5. The zero-order valence-electron chi connectivity index (χ0n) is 18.7. The predicted octanol–water partition coefficient (Wildman–Crippen LogP) is 3.67. The molecular weight excluding hydrogens is 437 g/mol. The van der Waals surface area contributed by atoms with Crippen LogP contribution in [0.2, 0.25) is 0 Å². The van der Waals surface area contributed by atoms with Crippen LogP contribution in [0.1, 0.15) is 62.5 Å². The minimum absolute atomic E-state index is 0.0659. The molecule has 3 fully saturated rings. The van der Waals surface area contributed by atoms with Gasteiger partial charge < -0.3 is 9.64 Å². The number of hydrogen-bond acceptors (Lipinski definition) is 4. The molecule has 1 aromatic carbocycles. The van der Waals surface area contributed by atoms with Crippen LogP contribution >= 0.6 is 0 Å². The first kappa shape index (κ1) is 23.7. The summed E-state index contributed by atoms with van der Waals surface area (Å²) < 4.78 is 45.9. The van der Waals surface area contributed by atoms with E-state index in [4.69, 9.17) is 4.74 Å². The van der Waals surface area contributed by atoms with Crippen LogP contribution in [-0.4, -0.2) is 59.9 Å². The summed E-state index contributed by atoms with van der Waals surface area (Å²) in [4.78, 5) is 42.1. The van der Waals surface area contributed by atoms with Crippen LogP contribution in [0.15, 0.2) is 24.3 Å². The number of alkyl halides is 3. The molecule has 3 amide bonds. The standard InChI is InChI=1S/C24H29F3N2O4/c1-28(11-10-19-7-2-3-12-33-19)20(30)14-23(15-21(31)29(22(23)32)18-8-9-18)16-5-4-6-17(13-16)24(25,26)27/h4-6,13,18-19H,2-3,7-12,14-15H2,1H3/t19-,23+/m0/s1. The summed E-state index contributed by atoms with van der Waals surface area (Å²) in [6.45, 7) is 1.12. The molecule has 0 bridgehead atoms. The Hall–Kier alpha value is -2.42. The van der Waals surface area contributed by atoms with Gasteiger partial charge in [-0.15, -0.1) is 0 Å². The lowest BCUT2D eigenvalue weighted by Crippen LogP contribution is -2.44. The van der Waals surface area contributed by atoms with Crippen molar-refractivity contribution in [3.8, 4) is 0 Å². The largest absolute Gasteiger partial charge is 0.416 e. The van der Waals surface area contributed by atoms with Crippen molar-refractivity contribution >= 4 is 17.7 Å². The van der Waals surface area contributed by atoms with Gasteiger partial charge in [-0.25, -0.2) is 0 Å². The monoisotopic (exact) mass is 466 g/mol. The second-order valence-electron chi connectivity index (χ2n) is 9.41. The van der Waals surface area contributed by atoms with E-state index in [0.29, 0.717) is 32.4 Å². The average molecular weight is 467 g/mol. The van der Waals surface area contributed by atoms with Gasteiger partial charge >= 0.3 is 6.18 Å². The number of nitrogens with zero attached hydrogens (tertiary/aromatic N) is 2. The third-order valence-electron chi connectivity index (χ3n) is 6.94. The molecule has 0 radical (unpaired) electrons. The van der Waals surface area contributed by atoms with Crippen molar-refractivity contribution in [3.05, 3.63) is 35.4 Å². The van der Waals surface area contributed by atoms with Gasteiger partial charge in [0.15, 0.2) is 0 Å². The maximum atomic E-state index is 13.5. The van der Waals surface area contributed by atoms with Crippen molar-refractivity contribution in [1.82, 2.24) is 9.80 Å². The lowest BCUT2D eigenvalue weighted by Gasteiger charge is -2.30. The van der Waals surface area contributed by atoms with Crippen molar-refractivity contribution in [3.63, 3.8) is 0 Å². The highest BCUT2D eigenvalue weighted by Crippen LogP contribution is 2.45. The summed E-state index contributed by atoms with van der Waals surface area (Å²) in [5.74, 6) is -1.36. The van der Waals surface area contributed by atoms with E-state index in [-0.39, 0.29) is 36.5 Å². The highest BCUT2D eigenvalue weighted by molar-refractivity contribution is 6.11. The molecule has 1 saturated carbocycles. The van der Waals surface area contributed by atoms with Crippen molar-refractivity contribution in [2.75, 3.05) is 20.2 Å². The Labute approximate surface area is 191 Å². The van der Waals surface area contributed by atoms with Gasteiger partial charge in [0.1, 0.15) is 0 Å². The van der Waals surface area contributed by atoms with Crippen LogP contribution < -0.4 is 0 Å². The van der Waals surface area contributed by atoms with Gasteiger partial charge in [-0.1, -0.05) is 18.2 Å². The van der Waals surface area contributed by atoms with Crippen LogP contribution in [0.5, 0.6) is 0 Å². The first-order chi connectivity index (χ1) is 15.6. The summed E-state index contributed by atoms with van der Waals surface area (Å²) >= 11 is 0. The minimum atomic E-state index is -4.60. The van der Waals surface area contributed by atoms with Crippen LogP contribution in [0.25, 0.3) is 0 Å². The van der Waals surface area contributed by atoms with Crippen molar-refractivity contribution in [2.45, 2.75) is 75.1 Å². The van der Waals surface area contributed by atoms with Crippen molar-refractivity contribution in [1.29, 1.82) is 0 Å². The summed E-state index contributed by atoms with van der Waals surface area (Å²) in [6, 6.07) is 4.26. The van der Waals surface area contributed by atoms with E-state index < -0.39 is 29.0 Å². The lowest BCUT2D eigenvalue weighted by atomic mass is 9.75. The summed E-state index contributed by atoms with van der Waals surface area (Å²) in [5.41, 5.74) is -2.45. The molecular formula is C24H29F3N2O4. The van der Waals surface area contributed by atoms with Gasteiger partial charge in [-0.05, 0) is 50.2 Å². The molecule has 4 rings (SSSR count). The fourth-order valence-electron chi connectivity index (χ4n) is 4.81. The molecule has 0 unspecified atom stereocenters. The number of imide groups is 1. The Morgan fingerprint density at radius 1 is 1.21 bits per heavy atom. The van der Waals surface area contributed by atoms with Crippen LogP contribution in [-0.2, 0) is 30.7 Å². The molecule has 6 nitrogen and oxygen atoms in total. The number of halogens is 3. The fraction of sp³-hybridized carbons (Fsp3) is 0.625. The Bertz CT molecular complexity index is 925. The molecule has 0 N–H and O–H groups in total. The zero-order valence-corrected chi connectivity index (χ0v) is 18.7. The first-order valence-corrected chi connectivity index (χ1v) is 11.5. The molecule has 2 heterocycles. The van der Waals surface area contributed by atoms with Gasteiger partial charge in [0, 0.05) is 39.1 Å². The number of ether oxygens (including phenoxy) is 1. The number of rotatable bonds is 7. The number of hydrogen-bond donors (Lipinski definition) is 0. The maximum Gasteiger partial charge on any atom is 0.416 e. The summed E-state index contributed by atoms with van der Waals surface area (Å²) in [5, 5.41) is 0. The lowest BCUT2D eigenvalue weighted by molar-refractivity contribution is -0.143. The molecule has 180 valence electrons. The molecule has 33 heavy (non-hydrogen) atoms. The maximum absolute atomic E-state index is 13.5. The molecule has 2 atom stereocenters. The van der Waals surface area contributed by atoms with E-state index in [2.05, 4.69) is 0 Å². The summed E-state index contributed by atoms with van der Waals surface area (Å²) in [7, 11) is 1.62. The van der Waals surface area contributed by atoms with Crippen LogP contribution in [0.4, 0.5) is 13.2 Å². The third-order valence-corrected chi connectivity index (χ3v) is 6.94. The SMILES string of the molecule is CN(CC[C@@H]1CCCCO1)C(=O)C[C@]1(c2cccc(C(F)(F)F)c2)CC(=O)N(C2CC2)C1=O. The topological polar surface area (TPSA) is 66.9 Å². The van der Waals surface area contributed by atoms with Gasteiger partial charge in [-0.2, -0.15) is 13.2 Å². The minimum Gasteiger partial charge on any atom is -0.378 e. The molecule has 3 aliphatic rings. The zero-order chi connectivity index (χ0) is 23.8. The normalized spacial score (nSPS) is 26.1. The average Bonchev–Trinajstić information content (AvgIpc) is 3.58. The van der Waals surface area contributed by atoms with E-state index >= 15 is 0 Å². The molecule has 2 saturated heterocycles. The van der Waals surface area contributed by atoms with Crippen LogP contribution in [0, 0.1) is 0 Å². The highest BCUT2D eigenvalue weighted by Gasteiger charge is 2.57. The van der Waals surface area contributed by atoms with Crippen molar-refractivity contribution < 1.29 is 32.3 Å². The van der Waals surface area contributed by atoms with E-state index in [1.54, 1.807) is 7.05 Å². The molecule has 1 aromatic rings. The Balaban J connectivity index is 1.58. The molecule has 2 aliphatic heterocycles. The fourth-order valence-corrected chi connectivity index (χ4v) is 4.81. The number of carbonyl (C=O) groups excluding carboxylic acids is 3. The van der Waals surface area contributed by atoms with Gasteiger partial charge in [0.05, 0.1) is 17.1 Å². The van der Waals surface area contributed by atoms with E-state index in [9.17, 15) is 27.6 Å². The quantitative estimate of drug-likeness (QED) is 0.575. The van der Waals surface area contributed by atoms with Crippen molar-refractivity contribution in [2.24, 2.45) is 0 Å². The van der Waals surface area contributed by atoms with Gasteiger partial charge in [0.25, 0.3) is 0 Å². The molecule has 9 heteroatoms. The number of amides is 3. The molecule has 0 aromatic heterocycles. The Morgan fingerprint density at radius 2 is 1.97 bits per heavy atom. The molecule has 0 spiro atoms. The Morgan fingerprint density at radius 3 is 2.61 bits per heavy atom.